The molecule has 0 saturated heterocycles. The SMILES string of the molecule is CC/C=C\C/C=C\C/C=C\C/C=C\CCCCC(=O)OCC(COC(=O)CCCCCCCCCCCCCCCCCC/C=C\C/C=C\C/C=C\CCCCCCC)OC(=O)CCCC/C=C\C/C=C\C/C=C\C/C=C\CC. The third kappa shape index (κ3) is 64.3. The Morgan fingerprint density at radius 1 is 0.266 bits per heavy atom. The Labute approximate surface area is 487 Å². The molecule has 0 saturated carbocycles. The molecule has 1 unspecified atom stereocenters. The van der Waals surface area contributed by atoms with E-state index in [1.54, 1.807) is 0 Å². The minimum absolute atomic E-state index is 0.111. The maximum Gasteiger partial charge on any atom is 0.306 e. The fourth-order valence-corrected chi connectivity index (χ4v) is 8.79. The zero-order chi connectivity index (χ0) is 57.1. The summed E-state index contributed by atoms with van der Waals surface area (Å²) in [6.07, 6.45) is 93.4. The number of rotatable bonds is 58. The van der Waals surface area contributed by atoms with Crippen LogP contribution in [-0.4, -0.2) is 37.2 Å². The predicted molar refractivity (Wildman–Crippen MR) is 343 cm³/mol. The van der Waals surface area contributed by atoms with E-state index in [0.717, 1.165) is 109 Å². The Balaban J connectivity index is 4.29. The summed E-state index contributed by atoms with van der Waals surface area (Å²) in [6.45, 7) is 6.34. The molecule has 0 aromatic carbocycles. The number of allylic oxidation sites excluding steroid dienone is 22. The van der Waals surface area contributed by atoms with E-state index in [-0.39, 0.29) is 37.5 Å². The number of hydrogen-bond donors (Lipinski definition) is 0. The third-order valence-corrected chi connectivity index (χ3v) is 13.6. The van der Waals surface area contributed by atoms with Gasteiger partial charge in [0.25, 0.3) is 0 Å². The Morgan fingerprint density at radius 2 is 0.494 bits per heavy atom. The van der Waals surface area contributed by atoms with Gasteiger partial charge in [-0.05, 0) is 135 Å². The summed E-state index contributed by atoms with van der Waals surface area (Å²) < 4.78 is 16.8. The van der Waals surface area contributed by atoms with Gasteiger partial charge in [-0.3, -0.25) is 14.4 Å². The largest absolute Gasteiger partial charge is 0.462 e. The molecule has 0 bridgehead atoms. The molecule has 0 aliphatic rings. The maximum absolute atomic E-state index is 12.9. The lowest BCUT2D eigenvalue weighted by Crippen LogP contribution is -2.30. The van der Waals surface area contributed by atoms with Crippen molar-refractivity contribution in [3.63, 3.8) is 0 Å². The second kappa shape index (κ2) is 66.1. The third-order valence-electron chi connectivity index (χ3n) is 13.6. The fraction of sp³-hybridized carbons (Fsp3) is 0.658. The lowest BCUT2D eigenvalue weighted by molar-refractivity contribution is -0.167. The van der Waals surface area contributed by atoms with Crippen molar-refractivity contribution >= 4 is 17.9 Å². The standard InChI is InChI=1S/C73H120O6/c1-4-7-10-13-16-19-22-25-28-29-30-31-32-33-34-35-36-37-38-39-40-41-42-43-46-48-51-54-57-60-63-66-72(75)78-69-70(79-73(76)67-64-61-58-55-52-49-45-27-24-21-18-15-12-9-6-3)68-77-71(74)65-62-59-56-53-50-47-44-26-23-20-17-14-11-8-5-2/h8-9,11-12,17-18,20-22,25-27,29-30,32-33,44-45,50,52-53,55,70H,4-7,10,13-16,19,23-24,28,31,34-43,46-49,51,54,56-69H2,1-3H3/b11-8-,12-9-,20-17-,21-18-,25-22-,30-29-,33-32-,44-26-,45-27-,53-50-,55-52-. The summed E-state index contributed by atoms with van der Waals surface area (Å²) in [5.41, 5.74) is 0. The fourth-order valence-electron chi connectivity index (χ4n) is 8.79. The molecule has 6 heteroatoms. The van der Waals surface area contributed by atoms with Gasteiger partial charge in [0.15, 0.2) is 6.10 Å². The van der Waals surface area contributed by atoms with Crippen molar-refractivity contribution in [1.82, 2.24) is 0 Å². The van der Waals surface area contributed by atoms with Gasteiger partial charge >= 0.3 is 17.9 Å². The van der Waals surface area contributed by atoms with E-state index in [1.807, 2.05) is 0 Å². The molecule has 0 aromatic heterocycles. The minimum atomic E-state index is -0.822. The maximum atomic E-state index is 12.9. The average Bonchev–Trinajstić information content (AvgIpc) is 3.45. The Hall–Kier alpha value is -4.45. The molecule has 0 heterocycles. The van der Waals surface area contributed by atoms with Gasteiger partial charge in [-0.1, -0.05) is 270 Å². The number of esters is 3. The van der Waals surface area contributed by atoms with Gasteiger partial charge in [-0.2, -0.15) is 0 Å². The molecule has 0 aromatic rings. The smallest absolute Gasteiger partial charge is 0.306 e. The highest BCUT2D eigenvalue weighted by molar-refractivity contribution is 5.71. The predicted octanol–water partition coefficient (Wildman–Crippen LogP) is 22.5. The van der Waals surface area contributed by atoms with Crippen LogP contribution in [0.5, 0.6) is 0 Å². The number of unbranched alkanes of at least 4 members (excludes halogenated alkanes) is 25. The van der Waals surface area contributed by atoms with Crippen molar-refractivity contribution in [2.24, 2.45) is 0 Å². The summed E-state index contributed by atoms with van der Waals surface area (Å²) in [5, 5.41) is 0. The molecule has 0 aliphatic heterocycles. The van der Waals surface area contributed by atoms with Crippen molar-refractivity contribution in [3.05, 3.63) is 134 Å². The highest BCUT2D eigenvalue weighted by atomic mass is 16.6. The molecule has 6 nitrogen and oxygen atoms in total. The van der Waals surface area contributed by atoms with Crippen molar-refractivity contribution in [3.8, 4) is 0 Å². The van der Waals surface area contributed by atoms with Crippen molar-refractivity contribution in [1.29, 1.82) is 0 Å². The number of carbonyl (C=O) groups excluding carboxylic acids is 3. The van der Waals surface area contributed by atoms with E-state index in [1.165, 1.54) is 128 Å². The normalized spacial score (nSPS) is 13.0. The Bertz CT molecular complexity index is 1680. The topological polar surface area (TPSA) is 78.9 Å². The number of hydrogen-bond acceptors (Lipinski definition) is 6. The highest BCUT2D eigenvalue weighted by Gasteiger charge is 2.19. The van der Waals surface area contributed by atoms with Gasteiger partial charge < -0.3 is 14.2 Å². The summed E-state index contributed by atoms with van der Waals surface area (Å²) >= 11 is 0. The first-order valence-corrected chi connectivity index (χ1v) is 32.7. The van der Waals surface area contributed by atoms with Crippen LogP contribution in [0.4, 0.5) is 0 Å². The van der Waals surface area contributed by atoms with E-state index < -0.39 is 6.10 Å². The number of ether oxygens (including phenoxy) is 3. The van der Waals surface area contributed by atoms with Crippen LogP contribution in [0.3, 0.4) is 0 Å². The first-order chi connectivity index (χ1) is 39.0. The summed E-state index contributed by atoms with van der Waals surface area (Å²) in [4.78, 5) is 38.3. The minimum Gasteiger partial charge on any atom is -0.462 e. The molecule has 0 rings (SSSR count). The quantitative estimate of drug-likeness (QED) is 0.0261. The van der Waals surface area contributed by atoms with Crippen LogP contribution in [0.15, 0.2) is 134 Å². The van der Waals surface area contributed by atoms with Gasteiger partial charge in [0.2, 0.25) is 0 Å². The molecule has 79 heavy (non-hydrogen) atoms. The second-order valence-electron chi connectivity index (χ2n) is 21.3. The molecular weight excluding hydrogens is 973 g/mol. The van der Waals surface area contributed by atoms with Crippen molar-refractivity contribution < 1.29 is 28.6 Å². The summed E-state index contributed by atoms with van der Waals surface area (Å²) in [5.74, 6) is -0.995. The Kier molecular flexibility index (Phi) is 62.3. The first kappa shape index (κ1) is 74.5. The van der Waals surface area contributed by atoms with Gasteiger partial charge in [-0.15, -0.1) is 0 Å². The van der Waals surface area contributed by atoms with E-state index in [4.69, 9.17) is 14.2 Å². The molecule has 0 aliphatic carbocycles. The van der Waals surface area contributed by atoms with E-state index in [9.17, 15) is 14.4 Å². The van der Waals surface area contributed by atoms with Crippen molar-refractivity contribution in [2.75, 3.05) is 13.2 Å². The van der Waals surface area contributed by atoms with Crippen LogP contribution < -0.4 is 0 Å². The van der Waals surface area contributed by atoms with Crippen LogP contribution in [0.1, 0.15) is 290 Å². The number of carbonyl (C=O) groups is 3. The van der Waals surface area contributed by atoms with Crippen LogP contribution in [0.25, 0.3) is 0 Å². The summed E-state index contributed by atoms with van der Waals surface area (Å²) in [6, 6.07) is 0. The van der Waals surface area contributed by atoms with Gasteiger partial charge in [-0.25, -0.2) is 0 Å². The highest BCUT2D eigenvalue weighted by Crippen LogP contribution is 2.16. The zero-order valence-corrected chi connectivity index (χ0v) is 51.3. The van der Waals surface area contributed by atoms with E-state index in [0.29, 0.717) is 25.7 Å². The van der Waals surface area contributed by atoms with E-state index >= 15 is 0 Å². The monoisotopic (exact) mass is 1090 g/mol. The second-order valence-corrected chi connectivity index (χ2v) is 21.3. The molecule has 0 fully saturated rings. The zero-order valence-electron chi connectivity index (χ0n) is 51.3. The van der Waals surface area contributed by atoms with Gasteiger partial charge in [0.1, 0.15) is 13.2 Å². The van der Waals surface area contributed by atoms with E-state index in [2.05, 4.69) is 154 Å². The molecule has 448 valence electrons. The van der Waals surface area contributed by atoms with Gasteiger partial charge in [0, 0.05) is 19.3 Å². The molecule has 0 amide bonds. The molecule has 1 atom stereocenters. The Morgan fingerprint density at radius 3 is 0.797 bits per heavy atom. The molecule has 0 N–H and O–H groups in total. The van der Waals surface area contributed by atoms with Crippen LogP contribution in [0, 0.1) is 0 Å². The van der Waals surface area contributed by atoms with Crippen molar-refractivity contribution in [2.45, 2.75) is 297 Å². The van der Waals surface area contributed by atoms with Crippen LogP contribution in [0.2, 0.25) is 0 Å². The lowest BCUT2D eigenvalue weighted by atomic mass is 10.0. The van der Waals surface area contributed by atoms with Crippen LogP contribution >= 0.6 is 0 Å². The molecule has 0 radical (unpaired) electrons. The average molecular weight is 1090 g/mol. The van der Waals surface area contributed by atoms with Gasteiger partial charge in [0.05, 0.1) is 0 Å². The van der Waals surface area contributed by atoms with Crippen LogP contribution in [-0.2, 0) is 28.6 Å². The lowest BCUT2D eigenvalue weighted by Gasteiger charge is -2.18. The summed E-state index contributed by atoms with van der Waals surface area (Å²) in [7, 11) is 0. The molecule has 0 spiro atoms. The molecular formula is C73H120O6. The first-order valence-electron chi connectivity index (χ1n) is 32.7.